The first-order valence-corrected chi connectivity index (χ1v) is 12.3. The Morgan fingerprint density at radius 3 is 2.46 bits per heavy atom. The first-order valence-electron chi connectivity index (χ1n) is 11.9. The van der Waals surface area contributed by atoms with Crippen LogP contribution in [0.2, 0.25) is 5.02 Å². The van der Waals surface area contributed by atoms with Gasteiger partial charge in [0.2, 0.25) is 0 Å². The average Bonchev–Trinajstić information content (AvgIpc) is 2.90. The van der Waals surface area contributed by atoms with E-state index in [9.17, 15) is 9.59 Å². The normalized spacial score (nSPS) is 17.2. The SMILES string of the molecule is COCCNC(=O)c1cccc(-c2ccc(=O)n(C3CCC(CN)CC3)n2)c1.Clc1ccccc1. The van der Waals surface area contributed by atoms with E-state index in [2.05, 4.69) is 10.4 Å². The predicted molar refractivity (Wildman–Crippen MR) is 140 cm³/mol. The third-order valence-corrected chi connectivity index (χ3v) is 6.32. The molecule has 8 heteroatoms. The summed E-state index contributed by atoms with van der Waals surface area (Å²) in [4.78, 5) is 24.7. The second-order valence-electron chi connectivity index (χ2n) is 8.54. The highest BCUT2D eigenvalue weighted by Crippen LogP contribution is 2.30. The van der Waals surface area contributed by atoms with Crippen molar-refractivity contribution in [2.45, 2.75) is 31.7 Å². The molecule has 0 spiro atoms. The third kappa shape index (κ3) is 8.02. The van der Waals surface area contributed by atoms with Crippen molar-refractivity contribution in [3.05, 3.63) is 87.7 Å². The molecule has 35 heavy (non-hydrogen) atoms. The number of carbonyl (C=O) groups excluding carboxylic acids is 1. The van der Waals surface area contributed by atoms with Crippen LogP contribution >= 0.6 is 11.6 Å². The maximum absolute atomic E-state index is 12.4. The van der Waals surface area contributed by atoms with Gasteiger partial charge in [0.05, 0.1) is 18.3 Å². The summed E-state index contributed by atoms with van der Waals surface area (Å²) in [6.07, 6.45) is 3.88. The Hall–Kier alpha value is -3.00. The topological polar surface area (TPSA) is 99.2 Å². The number of rotatable bonds is 7. The second-order valence-corrected chi connectivity index (χ2v) is 8.97. The molecule has 0 unspecified atom stereocenters. The summed E-state index contributed by atoms with van der Waals surface area (Å²) in [5.41, 5.74) is 7.73. The number of nitrogens with two attached hydrogens (primary N) is 1. The van der Waals surface area contributed by atoms with Crippen LogP contribution in [-0.4, -0.2) is 42.5 Å². The van der Waals surface area contributed by atoms with Gasteiger partial charge in [0.25, 0.3) is 11.5 Å². The Bertz CT molecular complexity index is 1130. The molecule has 1 fully saturated rings. The van der Waals surface area contributed by atoms with E-state index in [1.807, 2.05) is 42.5 Å². The molecule has 0 aliphatic heterocycles. The number of nitrogens with zero attached hydrogens (tertiary/aromatic N) is 2. The van der Waals surface area contributed by atoms with E-state index in [0.29, 0.717) is 36.9 Å². The van der Waals surface area contributed by atoms with Gasteiger partial charge in [0.1, 0.15) is 0 Å². The lowest BCUT2D eigenvalue weighted by molar-refractivity contribution is 0.0937. The first kappa shape index (κ1) is 26.6. The van der Waals surface area contributed by atoms with Gasteiger partial charge in [-0.1, -0.05) is 41.9 Å². The molecule has 186 valence electrons. The number of methoxy groups -OCH3 is 1. The molecule has 1 heterocycles. The molecule has 0 saturated heterocycles. The van der Waals surface area contributed by atoms with Crippen LogP contribution in [0.25, 0.3) is 11.3 Å². The molecule has 0 atom stereocenters. The number of aromatic nitrogens is 2. The van der Waals surface area contributed by atoms with Gasteiger partial charge >= 0.3 is 0 Å². The lowest BCUT2D eigenvalue weighted by Crippen LogP contribution is -2.31. The summed E-state index contributed by atoms with van der Waals surface area (Å²) in [5, 5.41) is 8.22. The van der Waals surface area contributed by atoms with Gasteiger partial charge < -0.3 is 15.8 Å². The van der Waals surface area contributed by atoms with Gasteiger partial charge in [-0.25, -0.2) is 4.68 Å². The molecule has 1 aliphatic rings. The van der Waals surface area contributed by atoms with Crippen molar-refractivity contribution in [1.29, 1.82) is 0 Å². The molecule has 0 radical (unpaired) electrons. The van der Waals surface area contributed by atoms with Crippen LogP contribution in [-0.2, 0) is 4.74 Å². The number of amides is 1. The zero-order valence-electron chi connectivity index (χ0n) is 20.0. The standard InChI is InChI=1S/C21H28N4O3.C6H5Cl/c1-28-12-11-23-21(27)17-4-2-3-16(13-17)19-9-10-20(26)25(24-19)18-7-5-15(14-22)6-8-18;7-6-4-2-1-3-5-6/h2-4,9-10,13,15,18H,5-8,11-12,14,22H2,1H3,(H,23,27);1-5H. The fraction of sp³-hybridized carbons (Fsp3) is 0.370. The van der Waals surface area contributed by atoms with E-state index in [4.69, 9.17) is 22.1 Å². The monoisotopic (exact) mass is 496 g/mol. The van der Waals surface area contributed by atoms with Crippen molar-refractivity contribution >= 4 is 17.5 Å². The van der Waals surface area contributed by atoms with Crippen LogP contribution in [0.3, 0.4) is 0 Å². The van der Waals surface area contributed by atoms with Crippen LogP contribution < -0.4 is 16.6 Å². The van der Waals surface area contributed by atoms with E-state index in [0.717, 1.165) is 36.3 Å². The molecule has 1 amide bonds. The fourth-order valence-corrected chi connectivity index (χ4v) is 4.21. The quantitative estimate of drug-likeness (QED) is 0.475. The van der Waals surface area contributed by atoms with Crippen LogP contribution in [0.1, 0.15) is 42.1 Å². The number of ether oxygens (including phenoxy) is 1. The molecule has 7 nitrogen and oxygen atoms in total. The van der Waals surface area contributed by atoms with E-state index in [-0.39, 0.29) is 17.5 Å². The summed E-state index contributed by atoms with van der Waals surface area (Å²) in [7, 11) is 1.59. The lowest BCUT2D eigenvalue weighted by Gasteiger charge is -2.28. The average molecular weight is 497 g/mol. The number of hydrogen-bond acceptors (Lipinski definition) is 5. The molecular formula is C27H33ClN4O3. The third-order valence-electron chi connectivity index (χ3n) is 6.07. The zero-order chi connectivity index (χ0) is 25.0. The lowest BCUT2D eigenvalue weighted by atomic mass is 9.86. The van der Waals surface area contributed by atoms with Gasteiger partial charge in [0.15, 0.2) is 0 Å². The summed E-state index contributed by atoms with van der Waals surface area (Å²) in [6.45, 7) is 1.62. The number of halogens is 1. The summed E-state index contributed by atoms with van der Waals surface area (Å²) in [6, 6.07) is 20.1. The van der Waals surface area contributed by atoms with Crippen molar-refractivity contribution < 1.29 is 9.53 Å². The van der Waals surface area contributed by atoms with Gasteiger partial charge in [-0.15, -0.1) is 0 Å². The Labute approximate surface area is 211 Å². The Morgan fingerprint density at radius 2 is 1.83 bits per heavy atom. The van der Waals surface area contributed by atoms with E-state index < -0.39 is 0 Å². The Balaban J connectivity index is 0.000000420. The number of benzene rings is 2. The molecule has 1 aliphatic carbocycles. The van der Waals surface area contributed by atoms with Crippen molar-refractivity contribution in [3.63, 3.8) is 0 Å². The number of nitrogens with one attached hydrogen (secondary N) is 1. The van der Waals surface area contributed by atoms with Crippen molar-refractivity contribution in [2.24, 2.45) is 11.7 Å². The predicted octanol–water partition coefficient (Wildman–Crippen LogP) is 4.32. The van der Waals surface area contributed by atoms with E-state index in [1.54, 1.807) is 36.1 Å². The maximum Gasteiger partial charge on any atom is 0.267 e. The van der Waals surface area contributed by atoms with Crippen LogP contribution in [0.5, 0.6) is 0 Å². The Morgan fingerprint density at radius 1 is 1.09 bits per heavy atom. The van der Waals surface area contributed by atoms with Crippen molar-refractivity contribution in [3.8, 4) is 11.3 Å². The minimum absolute atomic E-state index is 0.0894. The van der Waals surface area contributed by atoms with E-state index in [1.165, 1.54) is 0 Å². The second kappa shape index (κ2) is 13.8. The van der Waals surface area contributed by atoms with Gasteiger partial charge in [-0.3, -0.25) is 9.59 Å². The summed E-state index contributed by atoms with van der Waals surface area (Å²) < 4.78 is 6.56. The highest BCUT2D eigenvalue weighted by molar-refractivity contribution is 6.30. The van der Waals surface area contributed by atoms with Crippen molar-refractivity contribution in [1.82, 2.24) is 15.1 Å². The number of carbonyl (C=O) groups is 1. The molecule has 1 saturated carbocycles. The van der Waals surface area contributed by atoms with Crippen LogP contribution in [0, 0.1) is 5.92 Å². The van der Waals surface area contributed by atoms with Gasteiger partial charge in [-0.2, -0.15) is 5.10 Å². The molecule has 3 aromatic rings. The smallest absolute Gasteiger partial charge is 0.267 e. The summed E-state index contributed by atoms with van der Waals surface area (Å²) in [5.74, 6) is 0.385. The maximum atomic E-state index is 12.4. The van der Waals surface area contributed by atoms with Crippen molar-refractivity contribution in [2.75, 3.05) is 26.8 Å². The van der Waals surface area contributed by atoms with Crippen LogP contribution in [0.4, 0.5) is 0 Å². The number of hydrogen-bond donors (Lipinski definition) is 2. The summed E-state index contributed by atoms with van der Waals surface area (Å²) >= 11 is 5.54. The molecule has 4 rings (SSSR count). The van der Waals surface area contributed by atoms with E-state index >= 15 is 0 Å². The van der Waals surface area contributed by atoms with Crippen LogP contribution in [0.15, 0.2) is 71.5 Å². The molecule has 1 aromatic heterocycles. The molecule has 3 N–H and O–H groups in total. The largest absolute Gasteiger partial charge is 0.383 e. The van der Waals surface area contributed by atoms with Gasteiger partial charge in [-0.05, 0) is 68.5 Å². The Kier molecular flexibility index (Phi) is 10.5. The first-order chi connectivity index (χ1) is 17.0. The fourth-order valence-electron chi connectivity index (χ4n) is 4.07. The molecule has 0 bridgehead atoms. The zero-order valence-corrected chi connectivity index (χ0v) is 20.8. The molecule has 2 aromatic carbocycles. The molecular weight excluding hydrogens is 464 g/mol. The highest BCUT2D eigenvalue weighted by Gasteiger charge is 2.23. The minimum Gasteiger partial charge on any atom is -0.383 e. The minimum atomic E-state index is -0.160. The highest BCUT2D eigenvalue weighted by atomic mass is 35.5. The van der Waals surface area contributed by atoms with Gasteiger partial charge in [0, 0.05) is 35.9 Å².